The van der Waals surface area contributed by atoms with Gasteiger partial charge in [-0.2, -0.15) is 0 Å². The Labute approximate surface area is 112 Å². The number of amides is 1. The lowest BCUT2D eigenvalue weighted by Gasteiger charge is -2.21. The number of hydrogen-bond donors (Lipinski definition) is 2. The third-order valence-corrected chi connectivity index (χ3v) is 3.02. The highest BCUT2D eigenvalue weighted by Crippen LogP contribution is 2.21. The van der Waals surface area contributed by atoms with Gasteiger partial charge >= 0.3 is 5.91 Å². The summed E-state index contributed by atoms with van der Waals surface area (Å²) in [6.07, 6.45) is 1.49. The van der Waals surface area contributed by atoms with Gasteiger partial charge < -0.3 is 9.32 Å². The van der Waals surface area contributed by atoms with Gasteiger partial charge in [-0.05, 0) is 24.6 Å². The first kappa shape index (κ1) is 13.2. The van der Waals surface area contributed by atoms with Crippen LogP contribution >= 0.6 is 0 Å². The van der Waals surface area contributed by atoms with E-state index in [1.165, 1.54) is 11.8 Å². The van der Waals surface area contributed by atoms with Crippen molar-refractivity contribution in [2.45, 2.75) is 13.5 Å². The van der Waals surface area contributed by atoms with Crippen LogP contribution < -0.4 is 16.2 Å². The van der Waals surface area contributed by atoms with Gasteiger partial charge in [0.15, 0.2) is 5.76 Å². The summed E-state index contributed by atoms with van der Waals surface area (Å²) < 4.78 is 5.17. The van der Waals surface area contributed by atoms with Crippen LogP contribution in [0.15, 0.2) is 41.0 Å². The summed E-state index contributed by atoms with van der Waals surface area (Å²) in [5, 5.41) is 0. The van der Waals surface area contributed by atoms with Gasteiger partial charge in [0.1, 0.15) is 0 Å². The zero-order chi connectivity index (χ0) is 13.8. The lowest BCUT2D eigenvalue weighted by molar-refractivity contribution is 0.0924. The van der Waals surface area contributed by atoms with E-state index in [1.54, 1.807) is 6.07 Å². The number of nitrogens with zero attached hydrogens (tertiary/aromatic N) is 1. The molecule has 2 rings (SSSR count). The van der Waals surface area contributed by atoms with Crippen LogP contribution in [0.5, 0.6) is 0 Å². The largest absolute Gasteiger partial charge is 0.459 e. The molecule has 100 valence electrons. The van der Waals surface area contributed by atoms with Gasteiger partial charge in [-0.25, -0.2) is 5.84 Å². The van der Waals surface area contributed by atoms with E-state index in [9.17, 15) is 4.79 Å². The fourth-order valence-electron chi connectivity index (χ4n) is 2.06. The first-order chi connectivity index (χ1) is 9.13. The third-order valence-electron chi connectivity index (χ3n) is 3.02. The fraction of sp³-hybridized carbons (Fsp3) is 0.214. The van der Waals surface area contributed by atoms with Crippen LogP contribution in [0.1, 0.15) is 21.7 Å². The van der Waals surface area contributed by atoms with E-state index in [4.69, 9.17) is 10.3 Å². The maximum absolute atomic E-state index is 11.5. The molecule has 0 saturated carbocycles. The molecule has 1 amide bonds. The lowest BCUT2D eigenvalue weighted by atomic mass is 10.1. The van der Waals surface area contributed by atoms with Gasteiger partial charge in [0.2, 0.25) is 0 Å². The Morgan fingerprint density at radius 3 is 2.79 bits per heavy atom. The van der Waals surface area contributed by atoms with Gasteiger partial charge in [-0.15, -0.1) is 0 Å². The highest BCUT2D eigenvalue weighted by Gasteiger charge is 2.16. The molecule has 0 radical (unpaired) electrons. The number of furan rings is 1. The molecule has 1 aromatic heterocycles. The number of nitrogens with one attached hydrogen (secondary N) is 1. The Morgan fingerprint density at radius 1 is 1.37 bits per heavy atom. The monoisotopic (exact) mass is 259 g/mol. The second-order valence-corrected chi connectivity index (χ2v) is 4.39. The number of para-hydroxylation sites is 1. The summed E-state index contributed by atoms with van der Waals surface area (Å²) in [5.74, 6) is 4.96. The molecule has 0 fully saturated rings. The van der Waals surface area contributed by atoms with E-state index in [1.807, 2.05) is 25.2 Å². The smallest absolute Gasteiger partial charge is 0.301 e. The van der Waals surface area contributed by atoms with E-state index in [2.05, 4.69) is 23.3 Å². The van der Waals surface area contributed by atoms with Crippen molar-refractivity contribution >= 4 is 11.6 Å². The maximum atomic E-state index is 11.5. The van der Waals surface area contributed by atoms with Crippen molar-refractivity contribution in [2.75, 3.05) is 11.9 Å². The predicted molar refractivity (Wildman–Crippen MR) is 73.6 cm³/mol. The lowest BCUT2D eigenvalue weighted by Crippen LogP contribution is -2.31. The Hall–Kier alpha value is -2.27. The summed E-state index contributed by atoms with van der Waals surface area (Å²) >= 11 is 0. The van der Waals surface area contributed by atoms with E-state index >= 15 is 0 Å². The van der Waals surface area contributed by atoms with Crippen molar-refractivity contribution in [3.05, 3.63) is 53.5 Å². The minimum Gasteiger partial charge on any atom is -0.459 e. The minimum atomic E-state index is -0.418. The molecular formula is C14H17N3O2. The Balaban J connectivity index is 2.20. The quantitative estimate of drug-likeness (QED) is 0.499. The number of anilines is 1. The summed E-state index contributed by atoms with van der Waals surface area (Å²) in [6, 6.07) is 9.85. The second-order valence-electron chi connectivity index (χ2n) is 4.39. The highest BCUT2D eigenvalue weighted by molar-refractivity contribution is 5.92. The molecule has 0 aliphatic rings. The number of benzene rings is 1. The predicted octanol–water partition coefficient (Wildman–Crippen LogP) is 1.83. The van der Waals surface area contributed by atoms with Crippen LogP contribution in [-0.4, -0.2) is 13.0 Å². The molecule has 0 saturated heterocycles. The van der Waals surface area contributed by atoms with E-state index in [-0.39, 0.29) is 5.76 Å². The number of carbonyl (C=O) groups is 1. The molecule has 0 aliphatic heterocycles. The first-order valence-electron chi connectivity index (χ1n) is 5.97. The average Bonchev–Trinajstić information content (AvgIpc) is 2.86. The molecule has 0 spiro atoms. The summed E-state index contributed by atoms with van der Waals surface area (Å²) in [7, 11) is 1.97. The maximum Gasteiger partial charge on any atom is 0.301 e. The number of rotatable bonds is 4. The molecule has 2 aromatic rings. The van der Waals surface area contributed by atoms with Gasteiger partial charge in [-0.3, -0.25) is 10.2 Å². The molecular weight excluding hydrogens is 242 g/mol. The molecule has 5 heteroatoms. The average molecular weight is 259 g/mol. The molecule has 0 atom stereocenters. The SMILES string of the molecule is Cc1ccccc1N(C)Cc1ccoc1C(=O)NN. The van der Waals surface area contributed by atoms with Gasteiger partial charge in [-0.1, -0.05) is 18.2 Å². The topological polar surface area (TPSA) is 71.5 Å². The third kappa shape index (κ3) is 2.77. The fourth-order valence-corrected chi connectivity index (χ4v) is 2.06. The Morgan fingerprint density at radius 2 is 2.11 bits per heavy atom. The van der Waals surface area contributed by atoms with Crippen molar-refractivity contribution in [2.24, 2.45) is 5.84 Å². The summed E-state index contributed by atoms with van der Waals surface area (Å²) in [4.78, 5) is 13.6. The van der Waals surface area contributed by atoms with Crippen molar-refractivity contribution < 1.29 is 9.21 Å². The minimum absolute atomic E-state index is 0.253. The summed E-state index contributed by atoms with van der Waals surface area (Å²) in [5.41, 5.74) is 5.17. The van der Waals surface area contributed by atoms with Crippen LogP contribution in [0.2, 0.25) is 0 Å². The molecule has 0 unspecified atom stereocenters. The van der Waals surface area contributed by atoms with Gasteiger partial charge in [0, 0.05) is 24.8 Å². The standard InChI is InChI=1S/C14H17N3O2/c1-10-5-3-4-6-12(10)17(2)9-11-7-8-19-13(11)14(18)16-15/h3-8H,9,15H2,1-2H3,(H,16,18). The number of hydrazine groups is 1. The highest BCUT2D eigenvalue weighted by atomic mass is 16.3. The van der Waals surface area contributed by atoms with Crippen LogP contribution in [-0.2, 0) is 6.54 Å². The van der Waals surface area contributed by atoms with E-state index < -0.39 is 5.91 Å². The van der Waals surface area contributed by atoms with E-state index in [0.717, 1.165) is 11.3 Å². The number of nitrogens with two attached hydrogens (primary N) is 1. The van der Waals surface area contributed by atoms with Crippen LogP contribution in [0.3, 0.4) is 0 Å². The summed E-state index contributed by atoms with van der Waals surface area (Å²) in [6.45, 7) is 2.62. The molecule has 19 heavy (non-hydrogen) atoms. The van der Waals surface area contributed by atoms with E-state index in [0.29, 0.717) is 6.54 Å². The second kappa shape index (κ2) is 5.58. The van der Waals surface area contributed by atoms with Gasteiger partial charge in [0.05, 0.1) is 6.26 Å². The number of nitrogen functional groups attached to an aromatic ring is 1. The molecule has 5 nitrogen and oxygen atoms in total. The Bertz CT molecular complexity index is 578. The first-order valence-corrected chi connectivity index (χ1v) is 5.97. The van der Waals surface area contributed by atoms with Crippen molar-refractivity contribution in [1.29, 1.82) is 0 Å². The number of hydrogen-bond acceptors (Lipinski definition) is 4. The molecule has 0 bridgehead atoms. The molecule has 1 aromatic carbocycles. The van der Waals surface area contributed by atoms with Crippen LogP contribution in [0.4, 0.5) is 5.69 Å². The molecule has 3 N–H and O–H groups in total. The number of aryl methyl sites for hydroxylation is 1. The molecule has 1 heterocycles. The Kier molecular flexibility index (Phi) is 3.87. The number of carbonyl (C=O) groups excluding carboxylic acids is 1. The van der Waals surface area contributed by atoms with Crippen molar-refractivity contribution in [1.82, 2.24) is 5.43 Å². The van der Waals surface area contributed by atoms with Gasteiger partial charge in [0.25, 0.3) is 0 Å². The van der Waals surface area contributed by atoms with Crippen molar-refractivity contribution in [3.8, 4) is 0 Å². The zero-order valence-electron chi connectivity index (χ0n) is 11.0. The normalized spacial score (nSPS) is 10.3. The van der Waals surface area contributed by atoms with Crippen molar-refractivity contribution in [3.63, 3.8) is 0 Å². The van der Waals surface area contributed by atoms with Crippen LogP contribution in [0, 0.1) is 6.92 Å². The zero-order valence-corrected chi connectivity index (χ0v) is 11.0. The molecule has 0 aliphatic carbocycles. The van der Waals surface area contributed by atoms with Crippen LogP contribution in [0.25, 0.3) is 0 Å².